The van der Waals surface area contributed by atoms with E-state index in [1.165, 1.54) is 0 Å². The van der Waals surface area contributed by atoms with E-state index in [1.54, 1.807) is 23.9 Å². The molecule has 4 heteroatoms. The Morgan fingerprint density at radius 1 is 1.54 bits per heavy atom. The number of nitrogen functional groups attached to an aromatic ring is 1. The maximum absolute atomic E-state index is 12.5. The van der Waals surface area contributed by atoms with Crippen molar-refractivity contribution in [3.05, 3.63) is 23.9 Å². The summed E-state index contributed by atoms with van der Waals surface area (Å²) in [4.78, 5) is 0. The normalized spacial score (nSPS) is 10.9. The zero-order valence-electron chi connectivity index (χ0n) is 7.29. The number of anilines is 1. The zero-order chi connectivity index (χ0) is 9.42. The number of alkyl halides is 1. The number of nitrogens with two attached hydrogens (primary N) is 1. The van der Waals surface area contributed by atoms with E-state index in [2.05, 4.69) is 5.10 Å². The number of hydrogen-bond donors (Lipinski definition) is 1. The molecule has 0 fully saturated rings. The fourth-order valence-electron chi connectivity index (χ4n) is 1.45. The van der Waals surface area contributed by atoms with Gasteiger partial charge < -0.3 is 5.73 Å². The molecule has 0 unspecified atom stereocenters. The van der Waals surface area contributed by atoms with Gasteiger partial charge in [-0.1, -0.05) is 0 Å². The lowest BCUT2D eigenvalue weighted by atomic mass is 10.2. The minimum atomic E-state index is -0.555. The molecule has 0 atom stereocenters. The molecule has 1 aromatic carbocycles. The molecule has 68 valence electrons. The molecule has 0 aliphatic rings. The first-order valence-electron chi connectivity index (χ1n) is 3.99. The Hall–Kier alpha value is -1.58. The highest BCUT2D eigenvalue weighted by Crippen LogP contribution is 2.21. The highest BCUT2D eigenvalue weighted by Gasteiger charge is 2.07. The maximum atomic E-state index is 12.5. The van der Waals surface area contributed by atoms with Crippen LogP contribution in [0.2, 0.25) is 0 Å². The van der Waals surface area contributed by atoms with Gasteiger partial charge in [0, 0.05) is 18.1 Å². The molecule has 0 spiro atoms. The summed E-state index contributed by atoms with van der Waals surface area (Å²) in [7, 11) is 1.79. The van der Waals surface area contributed by atoms with Crippen LogP contribution >= 0.6 is 0 Å². The first-order chi connectivity index (χ1) is 6.22. The summed E-state index contributed by atoms with van der Waals surface area (Å²) in [5.74, 6) is 0. The number of nitrogens with zero attached hydrogens (tertiary/aromatic N) is 2. The molecular weight excluding hydrogens is 169 g/mol. The molecule has 0 bridgehead atoms. The van der Waals surface area contributed by atoms with E-state index in [1.807, 2.05) is 6.07 Å². The van der Waals surface area contributed by atoms with Crippen LogP contribution in [0.1, 0.15) is 5.69 Å². The van der Waals surface area contributed by atoms with E-state index < -0.39 is 6.67 Å². The average molecular weight is 179 g/mol. The second-order valence-corrected chi connectivity index (χ2v) is 2.98. The molecule has 1 heterocycles. The van der Waals surface area contributed by atoms with Crippen LogP contribution < -0.4 is 5.73 Å². The minimum absolute atomic E-state index is 0.449. The summed E-state index contributed by atoms with van der Waals surface area (Å²) < 4.78 is 14.1. The van der Waals surface area contributed by atoms with Gasteiger partial charge in [0.05, 0.1) is 5.52 Å². The summed E-state index contributed by atoms with van der Waals surface area (Å²) in [5.41, 5.74) is 7.59. The molecule has 0 amide bonds. The summed E-state index contributed by atoms with van der Waals surface area (Å²) >= 11 is 0. The van der Waals surface area contributed by atoms with Gasteiger partial charge in [0.25, 0.3) is 0 Å². The van der Waals surface area contributed by atoms with Crippen molar-refractivity contribution >= 4 is 16.6 Å². The third-order valence-corrected chi connectivity index (χ3v) is 2.08. The summed E-state index contributed by atoms with van der Waals surface area (Å²) in [6, 6.07) is 5.38. The largest absolute Gasteiger partial charge is 0.399 e. The Kier molecular flexibility index (Phi) is 1.69. The molecule has 13 heavy (non-hydrogen) atoms. The van der Waals surface area contributed by atoms with Crippen LogP contribution in [0.5, 0.6) is 0 Å². The maximum Gasteiger partial charge on any atom is 0.134 e. The Morgan fingerprint density at radius 2 is 2.31 bits per heavy atom. The fraction of sp³-hybridized carbons (Fsp3) is 0.222. The minimum Gasteiger partial charge on any atom is -0.399 e. The van der Waals surface area contributed by atoms with Crippen molar-refractivity contribution in [2.45, 2.75) is 6.67 Å². The molecule has 0 aliphatic heterocycles. The van der Waals surface area contributed by atoms with Crippen molar-refractivity contribution in [1.29, 1.82) is 0 Å². The van der Waals surface area contributed by atoms with Crippen molar-refractivity contribution in [2.75, 3.05) is 5.73 Å². The predicted molar refractivity (Wildman–Crippen MR) is 49.9 cm³/mol. The number of fused-ring (bicyclic) bond motifs is 1. The fourth-order valence-corrected chi connectivity index (χ4v) is 1.45. The Bertz CT molecular complexity index is 447. The Balaban J connectivity index is 2.81. The van der Waals surface area contributed by atoms with E-state index in [0.717, 1.165) is 10.9 Å². The van der Waals surface area contributed by atoms with Crippen LogP contribution in [0, 0.1) is 0 Å². The van der Waals surface area contributed by atoms with Crippen LogP contribution in [-0.2, 0) is 13.7 Å². The van der Waals surface area contributed by atoms with Gasteiger partial charge in [0.2, 0.25) is 0 Å². The van der Waals surface area contributed by atoms with Gasteiger partial charge >= 0.3 is 0 Å². The van der Waals surface area contributed by atoms with Crippen molar-refractivity contribution in [3.63, 3.8) is 0 Å². The van der Waals surface area contributed by atoms with Crippen LogP contribution in [-0.4, -0.2) is 9.78 Å². The number of rotatable bonds is 1. The Morgan fingerprint density at radius 3 is 3.00 bits per heavy atom. The van der Waals surface area contributed by atoms with Gasteiger partial charge in [-0.2, -0.15) is 5.10 Å². The summed E-state index contributed by atoms with van der Waals surface area (Å²) in [6.45, 7) is -0.555. The number of hydrogen-bond acceptors (Lipinski definition) is 2. The third-order valence-electron chi connectivity index (χ3n) is 2.08. The summed E-state index contributed by atoms with van der Waals surface area (Å²) in [6.07, 6.45) is 0. The molecule has 2 rings (SSSR count). The molecule has 2 aromatic rings. The van der Waals surface area contributed by atoms with Gasteiger partial charge in [-0.05, 0) is 18.2 Å². The van der Waals surface area contributed by atoms with E-state index in [9.17, 15) is 4.39 Å². The zero-order valence-corrected chi connectivity index (χ0v) is 7.29. The molecule has 0 saturated carbocycles. The number of benzene rings is 1. The third kappa shape index (κ3) is 1.14. The lowest BCUT2D eigenvalue weighted by Crippen LogP contribution is -1.90. The highest BCUT2D eigenvalue weighted by molar-refractivity contribution is 5.84. The second kappa shape index (κ2) is 2.73. The average Bonchev–Trinajstić information content (AvgIpc) is 2.42. The number of halogens is 1. The summed E-state index contributed by atoms with van der Waals surface area (Å²) in [5, 5.41) is 4.83. The molecule has 0 aliphatic carbocycles. The topological polar surface area (TPSA) is 43.8 Å². The first-order valence-corrected chi connectivity index (χ1v) is 3.99. The monoisotopic (exact) mass is 179 g/mol. The predicted octanol–water partition coefficient (Wildman–Crippen LogP) is 1.62. The lowest BCUT2D eigenvalue weighted by molar-refractivity contribution is 0.473. The quantitative estimate of drug-likeness (QED) is 0.676. The number of aryl methyl sites for hydroxylation is 1. The molecule has 3 nitrogen and oxygen atoms in total. The van der Waals surface area contributed by atoms with Crippen molar-refractivity contribution in [1.82, 2.24) is 9.78 Å². The first kappa shape index (κ1) is 8.04. The van der Waals surface area contributed by atoms with Crippen LogP contribution in [0.25, 0.3) is 10.9 Å². The standard InChI is InChI=1S/C9H10FN3/c1-13-9-3-2-6(11)4-7(9)8(5-10)12-13/h2-4H,5,11H2,1H3. The SMILES string of the molecule is Cn1nc(CF)c2cc(N)ccc21. The molecule has 0 saturated heterocycles. The van der Waals surface area contributed by atoms with Gasteiger partial charge in [0.1, 0.15) is 12.4 Å². The van der Waals surface area contributed by atoms with Crippen LogP contribution in [0.4, 0.5) is 10.1 Å². The van der Waals surface area contributed by atoms with Crippen molar-refractivity contribution < 1.29 is 4.39 Å². The van der Waals surface area contributed by atoms with Gasteiger partial charge in [0.15, 0.2) is 0 Å². The molecular formula is C9H10FN3. The van der Waals surface area contributed by atoms with Gasteiger partial charge in [-0.15, -0.1) is 0 Å². The van der Waals surface area contributed by atoms with Crippen molar-refractivity contribution in [2.24, 2.45) is 7.05 Å². The molecule has 0 radical (unpaired) electrons. The van der Waals surface area contributed by atoms with Crippen LogP contribution in [0.15, 0.2) is 18.2 Å². The number of aromatic nitrogens is 2. The highest BCUT2D eigenvalue weighted by atomic mass is 19.1. The van der Waals surface area contributed by atoms with E-state index in [0.29, 0.717) is 11.4 Å². The second-order valence-electron chi connectivity index (χ2n) is 2.98. The lowest BCUT2D eigenvalue weighted by Gasteiger charge is -1.94. The van der Waals surface area contributed by atoms with Gasteiger partial charge in [-0.25, -0.2) is 4.39 Å². The van der Waals surface area contributed by atoms with Crippen LogP contribution in [0.3, 0.4) is 0 Å². The van der Waals surface area contributed by atoms with E-state index in [-0.39, 0.29) is 0 Å². The smallest absolute Gasteiger partial charge is 0.134 e. The van der Waals surface area contributed by atoms with E-state index >= 15 is 0 Å². The molecule has 2 N–H and O–H groups in total. The van der Waals surface area contributed by atoms with Gasteiger partial charge in [-0.3, -0.25) is 4.68 Å². The Labute approximate surface area is 75.0 Å². The van der Waals surface area contributed by atoms with E-state index in [4.69, 9.17) is 5.73 Å². The molecule has 1 aromatic heterocycles. The van der Waals surface area contributed by atoms with Crippen molar-refractivity contribution in [3.8, 4) is 0 Å².